The van der Waals surface area contributed by atoms with Crippen molar-refractivity contribution in [3.63, 3.8) is 0 Å². The number of rotatable bonds is 9. The average Bonchev–Trinajstić information content (AvgIpc) is 1.66. The molecule has 1 amide bonds. The Balaban J connectivity index is 0.000000187. The lowest BCUT2D eigenvalue weighted by atomic mass is 9.80. The van der Waals surface area contributed by atoms with E-state index in [9.17, 15) is 29.1 Å². The molecule has 2 saturated heterocycles. The topological polar surface area (TPSA) is 615 Å². The van der Waals surface area contributed by atoms with Gasteiger partial charge in [0.1, 0.15) is 104 Å². The molecule has 2 fully saturated rings. The van der Waals surface area contributed by atoms with Crippen LogP contribution in [0.3, 0.4) is 0 Å². The number of morpholine rings is 2. The summed E-state index contributed by atoms with van der Waals surface area (Å²) in [6.45, 7) is 8.31. The van der Waals surface area contributed by atoms with Crippen molar-refractivity contribution in [2.75, 3.05) is 109 Å². The fourth-order valence-electron chi connectivity index (χ4n) is 11.2. The zero-order valence-electron chi connectivity index (χ0n) is 68.2. The maximum atomic E-state index is 11.1. The van der Waals surface area contributed by atoms with Gasteiger partial charge in [-0.05, 0) is 201 Å². The van der Waals surface area contributed by atoms with Gasteiger partial charge in [-0.15, -0.1) is 0 Å². The molecule has 17 heterocycles. The third-order valence-electron chi connectivity index (χ3n) is 17.3. The molecule has 0 bridgehead atoms. The van der Waals surface area contributed by atoms with Gasteiger partial charge in [-0.1, -0.05) is 114 Å². The van der Waals surface area contributed by atoms with E-state index in [-0.39, 0.29) is 61.0 Å². The normalized spacial score (nSPS) is 12.2. The number of pyridine rings is 8. The van der Waals surface area contributed by atoms with Gasteiger partial charge in [0.05, 0.1) is 69.2 Å². The molecule has 3 aliphatic heterocycles. The molecule has 3 aliphatic rings. The van der Waals surface area contributed by atoms with Gasteiger partial charge in [0.25, 0.3) is 17.6 Å². The van der Waals surface area contributed by atoms with E-state index in [4.69, 9.17) is 170 Å². The number of hydrogen-bond acceptors (Lipinski definition) is 38. The number of benzene rings is 2. The quantitative estimate of drug-likeness (QED) is 0.0160. The van der Waals surface area contributed by atoms with E-state index in [1.165, 1.54) is 36.7 Å². The number of fused-ring (bicyclic) bond motifs is 7. The zero-order valence-corrected chi connectivity index (χ0v) is 77.4. The number of nitrogens with one attached hydrogen (secondary N) is 2. The number of nitrogen functional groups attached to an aromatic ring is 6. The average molecular weight is 2070 g/mol. The summed E-state index contributed by atoms with van der Waals surface area (Å²) in [5.74, 6) is 2.29. The number of ether oxygens (including phenoxy) is 3. The lowest BCUT2D eigenvalue weighted by Gasteiger charge is -2.27. The number of hydrogen-bond donors (Lipinski definition) is 10. The SMILES string of the molecule is C.C.CCOC(=O)CCc1ccc(Cl)nc1N.Clc1ccc2ncc(Cl)nc2n1.Clc1ccc2ncc(N3CCOCC3)nc2n1.Nc1ccc(Cl)nc1N.Nc1ccc(Cl)nc1[N+](=O)[O-].Nc1nc2cc(-c3ccc4ncc(N5CCOCC5)nc4n3)ccc2o1.Nc1nc2cc(B(O)O)ccc2o1.O=C1CCc2ccc(Cl)nc2N1.O=P(Cl)(Cl)Cl.O=c1cnc2ccc(Cl)nc2[nH]1. The number of aromatic nitrogens is 18. The first-order valence-electron chi connectivity index (χ1n) is 38.1. The molecule has 14 aromatic heterocycles. The number of oxazole rings is 2. The molecule has 0 atom stereocenters. The zero-order chi connectivity index (χ0) is 95.3. The summed E-state index contributed by atoms with van der Waals surface area (Å²) in [6, 6.07) is 37.6. The van der Waals surface area contributed by atoms with E-state index in [2.05, 4.69) is 129 Å². The van der Waals surface area contributed by atoms with Crippen LogP contribution in [0.15, 0.2) is 172 Å². The predicted octanol–water partition coefficient (Wildman–Crippen LogP) is 15.8. The number of carbonyl (C=O) groups excluding carboxylic acids is 2. The van der Waals surface area contributed by atoms with Crippen LogP contribution in [0.25, 0.3) is 78.1 Å². The molecule has 0 unspecified atom stereocenters. The molecule has 0 spiro atoms. The molecule has 16 aromatic rings. The van der Waals surface area contributed by atoms with E-state index >= 15 is 0 Å². The van der Waals surface area contributed by atoms with Crippen LogP contribution < -0.4 is 60.5 Å². The Morgan fingerprint density at radius 3 is 1.52 bits per heavy atom. The summed E-state index contributed by atoms with van der Waals surface area (Å²) >= 11 is 58.7. The smallest absolute Gasteiger partial charge is 0.466 e. The van der Waals surface area contributed by atoms with Crippen molar-refractivity contribution in [1.82, 2.24) is 89.7 Å². The number of aromatic amines is 1. The van der Waals surface area contributed by atoms with Crippen LogP contribution in [0, 0.1) is 10.1 Å². The Labute approximate surface area is 815 Å². The number of nitrogens with two attached hydrogens (primary N) is 6. The summed E-state index contributed by atoms with van der Waals surface area (Å²) < 4.78 is 35.3. The van der Waals surface area contributed by atoms with Crippen LogP contribution >= 0.6 is 132 Å². The Kier molecular flexibility index (Phi) is 41.5. The molecule has 702 valence electrons. The molecule has 54 heteroatoms. The first-order valence-corrected chi connectivity index (χ1v) is 45.6. The fraction of sp³-hybridized carbons (Fsp3) is 0.200. The number of halogens is 11. The highest BCUT2D eigenvalue weighted by Gasteiger charge is 2.21. The first-order chi connectivity index (χ1) is 63.0. The second-order valence-electron chi connectivity index (χ2n) is 26.5. The van der Waals surface area contributed by atoms with Crippen molar-refractivity contribution in [1.29, 1.82) is 0 Å². The number of nitrogens with zero attached hydrogens (tertiary/aromatic N) is 20. The van der Waals surface area contributed by atoms with Gasteiger partial charge < -0.3 is 97.7 Å². The maximum absolute atomic E-state index is 11.1. The van der Waals surface area contributed by atoms with Gasteiger partial charge in [0.15, 0.2) is 33.8 Å². The van der Waals surface area contributed by atoms with Crippen LogP contribution in [-0.2, 0) is 41.2 Å². The summed E-state index contributed by atoms with van der Waals surface area (Å²) in [5, 5.41) is 30.0. The molecule has 19 rings (SSSR count). The first kappa shape index (κ1) is 107. The molecule has 0 radical (unpaired) electrons. The van der Waals surface area contributed by atoms with Gasteiger partial charge in [0.2, 0.25) is 11.1 Å². The fourth-order valence-corrected chi connectivity index (χ4v) is 12.4. The second-order valence-corrected chi connectivity index (χ2v) is 36.2. The summed E-state index contributed by atoms with van der Waals surface area (Å²) in [7, 11) is -1.50. The summed E-state index contributed by atoms with van der Waals surface area (Å²) in [5.41, 5.74) is 43.9. The largest absolute Gasteiger partial charge is 0.488 e. The Morgan fingerprint density at radius 2 is 0.978 bits per heavy atom. The minimum absolute atomic E-state index is 0. The van der Waals surface area contributed by atoms with E-state index in [0.717, 1.165) is 90.9 Å². The molecular weight excluding hydrogens is 1990 g/mol. The number of carbonyl (C=O) groups is 2. The standard InChI is InChI=1S/C18H16N6O2.C11H11ClN4O.C10H13ClN2O2.C8H7ClN2O.C7H7BN2O3.C7H3Cl2N3.C7H4ClN3O.C5H4ClN3O2.C5H6ClN3.2CH4.Cl3OP/c19-18-22-14-9-11(1-4-15(14)26-18)12-2-3-13-17(21-12)23-16(10-20-13)24-5-7-25-8-6-24;12-9-2-1-8-11(14-9)15-10(7-13-8)16-3-5-17-6-4-16;1-2-15-9(14)6-4-7-3-5-8(11)13-10(7)12;9-6-3-1-5-2-4-7(12)11-8(5)10-6;9-7-10-5-3-4(8(11)12)1-2-6(5)13-7;8-5-2-1-4-7(11-5)12-6(9)3-10-4;8-5-2-1-4-7(10-5)11-6(12)3-9-4;6-4-2-1-3(7)5(8-4)9(10)11;6-4-2-1-3(7)5(8)9-4;;;1-5(2,3)4/h1-4,9-10H,5-8H2,(H2,19,22);1-2,7H,3-6H2;3,5H,2,4,6H2,1H3,(H2,12,13);1,3H,2,4H2,(H,10,11,12);1-3,11-12H,(H2,9,10);1-3H;1-3H,(H,10,11,12);1-2H,7H2;1-2H,7H2,(H2,8,9);2*1H4;. The van der Waals surface area contributed by atoms with E-state index in [0.29, 0.717) is 154 Å². The van der Waals surface area contributed by atoms with E-state index in [1.54, 1.807) is 86.0 Å². The minimum Gasteiger partial charge on any atom is -0.466 e. The predicted molar refractivity (Wildman–Crippen MR) is 526 cm³/mol. The molecule has 0 saturated carbocycles. The third kappa shape index (κ3) is 34.1. The van der Waals surface area contributed by atoms with Crippen molar-refractivity contribution >= 4 is 281 Å². The van der Waals surface area contributed by atoms with Crippen molar-refractivity contribution in [2.45, 2.75) is 47.5 Å². The number of nitro groups is 1. The molecule has 41 nitrogen and oxygen atoms in total. The van der Waals surface area contributed by atoms with Crippen molar-refractivity contribution in [2.24, 2.45) is 0 Å². The van der Waals surface area contributed by atoms with E-state index < -0.39 is 23.1 Å². The molecule has 2 aromatic carbocycles. The number of anilines is 9. The highest BCUT2D eigenvalue weighted by molar-refractivity contribution is 8.24. The van der Waals surface area contributed by atoms with Crippen LogP contribution in [0.4, 0.5) is 58.3 Å². The van der Waals surface area contributed by atoms with Crippen LogP contribution in [-0.4, -0.2) is 183 Å². The van der Waals surface area contributed by atoms with Crippen molar-refractivity contribution in [3.05, 3.63) is 231 Å². The van der Waals surface area contributed by atoms with Gasteiger partial charge in [-0.3, -0.25) is 18.9 Å². The van der Waals surface area contributed by atoms with E-state index in [1.807, 2.05) is 42.5 Å². The lowest BCUT2D eigenvalue weighted by molar-refractivity contribution is -0.388. The Morgan fingerprint density at radius 1 is 0.515 bits per heavy atom. The summed E-state index contributed by atoms with van der Waals surface area (Å²) in [6.07, 6.45) is 8.36. The van der Waals surface area contributed by atoms with Gasteiger partial charge in [-0.25, -0.2) is 69.8 Å². The minimum atomic E-state index is -3.22. The number of amides is 1. The Bertz CT molecular complexity index is 6800. The van der Waals surface area contributed by atoms with Crippen molar-refractivity contribution in [3.8, 4) is 11.3 Å². The second kappa shape index (κ2) is 51.9. The molecule has 0 aliphatic carbocycles. The van der Waals surface area contributed by atoms with Gasteiger partial charge in [-0.2, -0.15) is 9.97 Å². The maximum Gasteiger partial charge on any atom is 0.488 e. The Hall–Kier alpha value is -12.2. The number of aryl methyl sites for hydroxylation is 2. The molecular formula is C80H79BCl11N28O13P. The van der Waals surface area contributed by atoms with Gasteiger partial charge >= 0.3 is 24.1 Å². The van der Waals surface area contributed by atoms with Crippen molar-refractivity contribution < 1.29 is 52.2 Å². The van der Waals surface area contributed by atoms with Crippen LogP contribution in [0.5, 0.6) is 0 Å². The monoisotopic (exact) mass is 2070 g/mol. The molecule has 16 N–H and O–H groups in total. The lowest BCUT2D eigenvalue weighted by Crippen LogP contribution is -2.36. The molecule has 134 heavy (non-hydrogen) atoms. The highest BCUT2D eigenvalue weighted by atomic mass is 36.0. The van der Waals surface area contributed by atoms with Crippen LogP contribution in [0.2, 0.25) is 41.2 Å². The van der Waals surface area contributed by atoms with Gasteiger partial charge in [0, 0.05) is 50.7 Å². The van der Waals surface area contributed by atoms with Crippen LogP contribution in [0.1, 0.15) is 45.7 Å². The highest BCUT2D eigenvalue weighted by Crippen LogP contribution is 2.61. The third-order valence-corrected chi connectivity index (χ3v) is 18.9. The number of H-pyrrole nitrogens is 1. The summed E-state index contributed by atoms with van der Waals surface area (Å²) in [4.78, 5) is 119. The number of esters is 1.